The van der Waals surface area contributed by atoms with Gasteiger partial charge in [-0.05, 0) is 0 Å². The summed E-state index contributed by atoms with van der Waals surface area (Å²) in [6.07, 6.45) is 0. The van der Waals surface area contributed by atoms with Crippen molar-refractivity contribution in [2.24, 2.45) is 0 Å². The highest BCUT2D eigenvalue weighted by Crippen LogP contribution is 2.06. The van der Waals surface area contributed by atoms with Crippen molar-refractivity contribution in [1.82, 2.24) is 14.8 Å². The lowest BCUT2D eigenvalue weighted by Crippen LogP contribution is -2.17. The first-order valence-corrected chi connectivity index (χ1v) is 3.80. The van der Waals surface area contributed by atoms with Crippen molar-refractivity contribution < 1.29 is 9.53 Å². The van der Waals surface area contributed by atoms with Crippen LogP contribution >= 0.6 is 0 Å². The van der Waals surface area contributed by atoms with E-state index in [2.05, 4.69) is 10.1 Å². The van der Waals surface area contributed by atoms with Crippen molar-refractivity contribution in [3.63, 3.8) is 0 Å². The van der Waals surface area contributed by atoms with Gasteiger partial charge in [-0.3, -0.25) is 4.79 Å². The summed E-state index contributed by atoms with van der Waals surface area (Å²) in [5.74, 6) is 0.929. The van der Waals surface area contributed by atoms with Crippen LogP contribution in [0.5, 0.6) is 0 Å². The molecule has 0 N–H and O–H groups in total. The molecule has 2 heterocycles. The molecule has 0 unspecified atom stereocenters. The summed E-state index contributed by atoms with van der Waals surface area (Å²) in [4.78, 5) is 14.9. The van der Waals surface area contributed by atoms with Crippen LogP contribution in [-0.2, 0) is 17.9 Å². The summed E-state index contributed by atoms with van der Waals surface area (Å²) in [6.45, 7) is 3.26. The van der Waals surface area contributed by atoms with E-state index in [1.165, 1.54) is 6.92 Å². The number of aromatic nitrogens is 3. The monoisotopic (exact) mass is 167 g/mol. The number of Topliss-reactive ketones (excluding diaryl/α,β-unsaturated/α-hetero) is 1. The first-order chi connectivity index (χ1) is 5.77. The zero-order valence-electron chi connectivity index (χ0n) is 6.78. The Morgan fingerprint density at radius 3 is 3.17 bits per heavy atom. The number of ether oxygens (including phenoxy) is 1. The number of hydrogen-bond donors (Lipinski definition) is 0. The normalized spacial score (nSPS) is 15.8. The molecule has 0 aromatic carbocycles. The summed E-state index contributed by atoms with van der Waals surface area (Å²) >= 11 is 0. The predicted octanol–water partition coefficient (Wildman–Crippen LogP) is 0.0109. The zero-order valence-corrected chi connectivity index (χ0v) is 6.78. The van der Waals surface area contributed by atoms with Crippen LogP contribution in [0.1, 0.15) is 23.4 Å². The molecule has 1 aliphatic heterocycles. The standard InChI is InChI=1S/C7H9N3O2/c1-5(11)7-8-6-4-12-3-2-10(6)9-7/h2-4H2,1H3. The van der Waals surface area contributed by atoms with Gasteiger partial charge in [-0.1, -0.05) is 0 Å². The molecular weight excluding hydrogens is 158 g/mol. The van der Waals surface area contributed by atoms with E-state index in [9.17, 15) is 4.79 Å². The highest BCUT2D eigenvalue weighted by Gasteiger charge is 2.15. The van der Waals surface area contributed by atoms with E-state index >= 15 is 0 Å². The van der Waals surface area contributed by atoms with Crippen LogP contribution < -0.4 is 0 Å². The quantitative estimate of drug-likeness (QED) is 0.553. The van der Waals surface area contributed by atoms with E-state index in [0.717, 1.165) is 5.82 Å². The molecule has 0 amide bonds. The highest BCUT2D eigenvalue weighted by atomic mass is 16.5. The molecule has 0 spiro atoms. The Balaban J connectivity index is 2.38. The first kappa shape index (κ1) is 7.42. The summed E-state index contributed by atoms with van der Waals surface area (Å²) in [5.41, 5.74) is 0. The van der Waals surface area contributed by atoms with Crippen LogP contribution in [0, 0.1) is 0 Å². The van der Waals surface area contributed by atoms with Crippen molar-refractivity contribution in [3.8, 4) is 0 Å². The highest BCUT2D eigenvalue weighted by molar-refractivity contribution is 5.90. The molecular formula is C7H9N3O2. The molecule has 0 fully saturated rings. The van der Waals surface area contributed by atoms with Crippen LogP contribution in [0.2, 0.25) is 0 Å². The van der Waals surface area contributed by atoms with Gasteiger partial charge in [0.2, 0.25) is 5.82 Å². The van der Waals surface area contributed by atoms with Crippen molar-refractivity contribution in [3.05, 3.63) is 11.6 Å². The predicted molar refractivity (Wildman–Crippen MR) is 39.7 cm³/mol. The minimum absolute atomic E-state index is 0.100. The maximum atomic E-state index is 10.9. The molecule has 5 nitrogen and oxygen atoms in total. The second-order valence-electron chi connectivity index (χ2n) is 2.68. The zero-order chi connectivity index (χ0) is 8.55. The Morgan fingerprint density at radius 1 is 1.67 bits per heavy atom. The van der Waals surface area contributed by atoms with Gasteiger partial charge in [0, 0.05) is 6.92 Å². The second-order valence-corrected chi connectivity index (χ2v) is 2.68. The third-order valence-electron chi connectivity index (χ3n) is 1.74. The van der Waals surface area contributed by atoms with E-state index in [-0.39, 0.29) is 11.6 Å². The molecule has 2 rings (SSSR count). The van der Waals surface area contributed by atoms with Gasteiger partial charge in [-0.25, -0.2) is 9.67 Å². The molecule has 64 valence electrons. The molecule has 0 atom stereocenters. The third kappa shape index (κ3) is 1.12. The third-order valence-corrected chi connectivity index (χ3v) is 1.74. The fourth-order valence-corrected chi connectivity index (χ4v) is 1.12. The van der Waals surface area contributed by atoms with Gasteiger partial charge >= 0.3 is 0 Å². The summed E-state index contributed by atoms with van der Waals surface area (Å²) in [6, 6.07) is 0. The van der Waals surface area contributed by atoms with E-state index < -0.39 is 0 Å². The van der Waals surface area contributed by atoms with E-state index in [1.807, 2.05) is 0 Å². The minimum atomic E-state index is -0.100. The number of carbonyl (C=O) groups is 1. The molecule has 1 aliphatic rings. The number of rotatable bonds is 1. The first-order valence-electron chi connectivity index (χ1n) is 3.80. The lowest BCUT2D eigenvalue weighted by Gasteiger charge is -2.11. The summed E-state index contributed by atoms with van der Waals surface area (Å²) in [5, 5.41) is 4.03. The number of ketones is 1. The maximum Gasteiger partial charge on any atom is 0.217 e. The van der Waals surface area contributed by atoms with Crippen molar-refractivity contribution in [2.45, 2.75) is 20.1 Å². The fourth-order valence-electron chi connectivity index (χ4n) is 1.12. The number of hydrogen-bond acceptors (Lipinski definition) is 4. The minimum Gasteiger partial charge on any atom is -0.372 e. The van der Waals surface area contributed by atoms with Crippen LogP contribution in [0.4, 0.5) is 0 Å². The Morgan fingerprint density at radius 2 is 2.50 bits per heavy atom. The average Bonchev–Trinajstić information content (AvgIpc) is 2.46. The number of carbonyl (C=O) groups excluding carboxylic acids is 1. The summed E-state index contributed by atoms with van der Waals surface area (Å²) < 4.78 is 6.88. The molecule has 12 heavy (non-hydrogen) atoms. The molecule has 0 radical (unpaired) electrons. The van der Waals surface area contributed by atoms with E-state index in [0.29, 0.717) is 19.8 Å². The van der Waals surface area contributed by atoms with Crippen LogP contribution in [0.15, 0.2) is 0 Å². The molecule has 0 saturated heterocycles. The molecule has 5 heteroatoms. The Kier molecular flexibility index (Phi) is 1.65. The van der Waals surface area contributed by atoms with Gasteiger partial charge in [0.05, 0.1) is 13.2 Å². The van der Waals surface area contributed by atoms with Crippen LogP contribution in [0.3, 0.4) is 0 Å². The van der Waals surface area contributed by atoms with Crippen molar-refractivity contribution in [1.29, 1.82) is 0 Å². The Hall–Kier alpha value is -1.23. The second kappa shape index (κ2) is 2.67. The van der Waals surface area contributed by atoms with Gasteiger partial charge in [-0.2, -0.15) is 0 Å². The van der Waals surface area contributed by atoms with Gasteiger partial charge < -0.3 is 4.74 Å². The number of fused-ring (bicyclic) bond motifs is 1. The lowest BCUT2D eigenvalue weighted by atomic mass is 10.4. The Bertz CT molecular complexity index is 295. The largest absolute Gasteiger partial charge is 0.372 e. The Labute approximate surface area is 69.4 Å². The molecule has 0 aliphatic carbocycles. The van der Waals surface area contributed by atoms with Gasteiger partial charge in [0.15, 0.2) is 11.6 Å². The van der Waals surface area contributed by atoms with Gasteiger partial charge in [0.25, 0.3) is 0 Å². The van der Waals surface area contributed by atoms with E-state index in [1.54, 1.807) is 4.68 Å². The van der Waals surface area contributed by atoms with Crippen LogP contribution in [0.25, 0.3) is 0 Å². The topological polar surface area (TPSA) is 57.0 Å². The van der Waals surface area contributed by atoms with Gasteiger partial charge in [0.1, 0.15) is 6.61 Å². The average molecular weight is 167 g/mol. The van der Waals surface area contributed by atoms with Crippen LogP contribution in [-0.4, -0.2) is 27.2 Å². The van der Waals surface area contributed by atoms with Gasteiger partial charge in [-0.15, -0.1) is 5.10 Å². The fraction of sp³-hybridized carbons (Fsp3) is 0.571. The molecule has 1 aromatic rings. The molecule has 0 saturated carbocycles. The van der Waals surface area contributed by atoms with Crippen molar-refractivity contribution >= 4 is 5.78 Å². The summed E-state index contributed by atoms with van der Waals surface area (Å²) in [7, 11) is 0. The molecule has 1 aromatic heterocycles. The SMILES string of the molecule is CC(=O)c1nc2n(n1)CCOC2. The maximum absolute atomic E-state index is 10.9. The number of nitrogens with zero attached hydrogens (tertiary/aromatic N) is 3. The van der Waals surface area contributed by atoms with E-state index in [4.69, 9.17) is 4.74 Å². The smallest absolute Gasteiger partial charge is 0.217 e. The lowest BCUT2D eigenvalue weighted by molar-refractivity contribution is 0.0769. The molecule has 0 bridgehead atoms. The van der Waals surface area contributed by atoms with Crippen molar-refractivity contribution in [2.75, 3.05) is 6.61 Å².